The van der Waals surface area contributed by atoms with Crippen molar-refractivity contribution in [3.8, 4) is 11.4 Å². The summed E-state index contributed by atoms with van der Waals surface area (Å²) in [7, 11) is 0. The van der Waals surface area contributed by atoms with Gasteiger partial charge >= 0.3 is 5.97 Å². The van der Waals surface area contributed by atoms with Crippen molar-refractivity contribution in [1.29, 1.82) is 0 Å². The number of carbonyl (C=O) groups is 1. The number of fused-ring (bicyclic) bond motifs is 5. The van der Waals surface area contributed by atoms with Crippen LogP contribution in [-0.4, -0.2) is 42.5 Å². The number of H-pyrrole nitrogens is 1. The molecule has 1 aromatic carbocycles. The molecule has 3 aliphatic carbocycles. The number of carboxylic acids is 1. The van der Waals surface area contributed by atoms with Crippen LogP contribution in [0.1, 0.15) is 42.5 Å². The van der Waals surface area contributed by atoms with Crippen molar-refractivity contribution in [2.24, 2.45) is 23.7 Å². The van der Waals surface area contributed by atoms with Gasteiger partial charge in [0.1, 0.15) is 16.5 Å². The van der Waals surface area contributed by atoms with Gasteiger partial charge in [0, 0.05) is 31.0 Å². The second kappa shape index (κ2) is 9.34. The third-order valence-corrected chi connectivity index (χ3v) is 9.12. The largest absolute Gasteiger partial charge is 0.481 e. The van der Waals surface area contributed by atoms with Crippen molar-refractivity contribution in [2.45, 2.75) is 45.1 Å². The zero-order valence-corrected chi connectivity index (χ0v) is 21.7. The Labute approximate surface area is 225 Å². The van der Waals surface area contributed by atoms with Gasteiger partial charge < -0.3 is 15.0 Å². The Morgan fingerprint density at radius 3 is 2.68 bits per heavy atom. The number of benzene rings is 1. The highest BCUT2D eigenvalue weighted by atomic mass is 35.5. The maximum absolute atomic E-state index is 12.3. The van der Waals surface area contributed by atoms with Gasteiger partial charge in [-0.05, 0) is 67.4 Å². The molecule has 2 bridgehead atoms. The highest BCUT2D eigenvalue weighted by Crippen LogP contribution is 2.50. The summed E-state index contributed by atoms with van der Waals surface area (Å²) in [6.45, 7) is 1.63. The minimum Gasteiger partial charge on any atom is -0.481 e. The molecule has 8 rings (SSSR count). The number of aliphatic carboxylic acids is 1. The first-order valence-electron chi connectivity index (χ1n) is 13.5. The predicted molar refractivity (Wildman–Crippen MR) is 145 cm³/mol. The van der Waals surface area contributed by atoms with E-state index >= 15 is 0 Å². The number of carboxylic acid groups (broad SMARTS) is 1. The molecule has 9 heteroatoms. The number of aromatic nitrogens is 5. The molecular weight excluding hydrogens is 500 g/mol. The van der Waals surface area contributed by atoms with Gasteiger partial charge in [-0.15, -0.1) is 0 Å². The molecular formula is C29H29ClN6O2. The number of aromatic amines is 1. The summed E-state index contributed by atoms with van der Waals surface area (Å²) in [5, 5.41) is 10.4. The average molecular weight is 529 g/mol. The first-order valence-corrected chi connectivity index (χ1v) is 13.8. The van der Waals surface area contributed by atoms with E-state index in [1.165, 1.54) is 17.3 Å². The van der Waals surface area contributed by atoms with Crippen molar-refractivity contribution >= 4 is 34.6 Å². The molecule has 3 aromatic heterocycles. The lowest BCUT2D eigenvalue weighted by Gasteiger charge is -2.46. The van der Waals surface area contributed by atoms with Gasteiger partial charge in [-0.3, -0.25) is 4.79 Å². The van der Waals surface area contributed by atoms with E-state index in [4.69, 9.17) is 21.6 Å². The summed E-state index contributed by atoms with van der Waals surface area (Å²) in [5.41, 5.74) is 5.57. The van der Waals surface area contributed by atoms with Crippen LogP contribution >= 0.6 is 11.6 Å². The fourth-order valence-electron chi connectivity index (χ4n) is 7.10. The number of rotatable bonds is 5. The summed E-state index contributed by atoms with van der Waals surface area (Å²) in [4.78, 5) is 36.7. The Morgan fingerprint density at radius 2 is 1.87 bits per heavy atom. The zero-order valence-electron chi connectivity index (χ0n) is 21.0. The van der Waals surface area contributed by atoms with Gasteiger partial charge in [0.05, 0.1) is 17.7 Å². The molecule has 4 aromatic rings. The molecule has 0 unspecified atom stereocenters. The summed E-state index contributed by atoms with van der Waals surface area (Å²) in [5.74, 6) is 1.26. The quantitative estimate of drug-likeness (QED) is 0.361. The van der Waals surface area contributed by atoms with E-state index in [9.17, 15) is 9.90 Å². The van der Waals surface area contributed by atoms with Crippen molar-refractivity contribution in [3.63, 3.8) is 0 Å². The Bertz CT molecular complexity index is 1530. The van der Waals surface area contributed by atoms with Crippen LogP contribution in [0.2, 0.25) is 5.15 Å². The fourth-order valence-corrected chi connectivity index (χ4v) is 7.23. The maximum Gasteiger partial charge on any atom is 0.307 e. The fraction of sp³-hybridized carbons (Fsp3) is 0.414. The highest BCUT2D eigenvalue weighted by Gasteiger charge is 2.47. The lowest BCUT2D eigenvalue weighted by molar-refractivity contribution is -0.152. The Balaban J connectivity index is 1.31. The van der Waals surface area contributed by atoms with Gasteiger partial charge in [-0.1, -0.05) is 35.9 Å². The van der Waals surface area contributed by atoms with Crippen LogP contribution in [-0.2, 0) is 24.2 Å². The van der Waals surface area contributed by atoms with Crippen molar-refractivity contribution in [3.05, 3.63) is 64.7 Å². The highest BCUT2D eigenvalue weighted by molar-refractivity contribution is 6.29. The maximum atomic E-state index is 12.3. The minimum absolute atomic E-state index is 0.0925. The number of halogens is 1. The number of hydrogen-bond acceptors (Lipinski definition) is 6. The molecule has 8 nitrogen and oxygen atoms in total. The zero-order chi connectivity index (χ0) is 25.8. The molecule has 4 aliphatic rings. The van der Waals surface area contributed by atoms with Crippen LogP contribution in [0.5, 0.6) is 0 Å². The van der Waals surface area contributed by atoms with E-state index in [0.29, 0.717) is 34.5 Å². The molecule has 0 amide bonds. The SMILES string of the molecule is O=C(O)[C@H]1C2CCC(CC2)[C@@H]1Cc1cc(N2CCc3ccccc3C2)nc(-c2c[nH]c3ncc(Cl)nc23)n1. The van der Waals surface area contributed by atoms with Crippen LogP contribution in [0.25, 0.3) is 22.6 Å². The van der Waals surface area contributed by atoms with Gasteiger partial charge in [0.2, 0.25) is 0 Å². The predicted octanol–water partition coefficient (Wildman–Crippen LogP) is 5.31. The summed E-state index contributed by atoms with van der Waals surface area (Å²) < 4.78 is 0. The monoisotopic (exact) mass is 528 g/mol. The first kappa shape index (κ1) is 23.6. The molecule has 194 valence electrons. The van der Waals surface area contributed by atoms with Gasteiger partial charge in [-0.25, -0.2) is 19.9 Å². The van der Waals surface area contributed by atoms with Crippen LogP contribution in [0.15, 0.2) is 42.7 Å². The van der Waals surface area contributed by atoms with Crippen molar-refractivity contribution < 1.29 is 9.90 Å². The van der Waals surface area contributed by atoms with E-state index in [1.807, 2.05) is 6.20 Å². The van der Waals surface area contributed by atoms with E-state index in [0.717, 1.165) is 62.3 Å². The molecule has 0 saturated heterocycles. The summed E-state index contributed by atoms with van der Waals surface area (Å²) in [6.07, 6.45) is 9.22. The topological polar surface area (TPSA) is 108 Å². The third kappa shape index (κ3) is 4.11. The summed E-state index contributed by atoms with van der Waals surface area (Å²) in [6, 6.07) is 10.6. The Kier molecular flexibility index (Phi) is 5.80. The van der Waals surface area contributed by atoms with E-state index in [2.05, 4.69) is 50.2 Å². The number of nitrogens with one attached hydrogen (secondary N) is 1. The van der Waals surface area contributed by atoms with Gasteiger partial charge in [0.15, 0.2) is 11.5 Å². The molecule has 2 atom stereocenters. The smallest absolute Gasteiger partial charge is 0.307 e. The number of hydrogen-bond donors (Lipinski definition) is 2. The van der Waals surface area contributed by atoms with Crippen LogP contribution in [0, 0.1) is 23.7 Å². The molecule has 38 heavy (non-hydrogen) atoms. The van der Waals surface area contributed by atoms with E-state index in [-0.39, 0.29) is 17.8 Å². The number of nitrogens with zero attached hydrogens (tertiary/aromatic N) is 5. The molecule has 3 saturated carbocycles. The second-order valence-corrected chi connectivity index (χ2v) is 11.4. The van der Waals surface area contributed by atoms with E-state index < -0.39 is 5.97 Å². The average Bonchev–Trinajstić information content (AvgIpc) is 3.36. The Hall–Kier alpha value is -3.52. The standard InChI is InChI=1S/C29H29ClN6O2/c30-23-14-32-28-26(34-23)22(13-31-28)27-33-20(11-21-17-5-7-18(8-6-17)25(21)29(37)38)12-24(35-27)36-10-9-16-3-1-2-4-19(16)15-36/h1-4,12-14,17-18,21,25H,5-11,15H2,(H,31,32)(H,37,38)/t17?,18?,21-,25-/m0/s1. The molecule has 1 aliphatic heterocycles. The lowest BCUT2D eigenvalue weighted by atomic mass is 9.57. The summed E-state index contributed by atoms with van der Waals surface area (Å²) >= 11 is 6.19. The van der Waals surface area contributed by atoms with Gasteiger partial charge in [0.25, 0.3) is 0 Å². The minimum atomic E-state index is -0.659. The lowest BCUT2D eigenvalue weighted by Crippen LogP contribution is -2.45. The van der Waals surface area contributed by atoms with Crippen LogP contribution in [0.4, 0.5) is 5.82 Å². The third-order valence-electron chi connectivity index (χ3n) is 8.93. The van der Waals surface area contributed by atoms with Crippen molar-refractivity contribution in [1.82, 2.24) is 24.9 Å². The first-order chi connectivity index (χ1) is 18.5. The Morgan fingerprint density at radius 1 is 1.08 bits per heavy atom. The van der Waals surface area contributed by atoms with Crippen LogP contribution < -0.4 is 4.90 Å². The molecule has 0 radical (unpaired) electrons. The van der Waals surface area contributed by atoms with Gasteiger partial charge in [-0.2, -0.15) is 0 Å². The second-order valence-electron chi connectivity index (χ2n) is 11.0. The molecule has 3 fully saturated rings. The normalized spacial score (nSPS) is 24.5. The van der Waals surface area contributed by atoms with E-state index in [1.54, 1.807) is 0 Å². The van der Waals surface area contributed by atoms with Crippen LogP contribution in [0.3, 0.4) is 0 Å². The molecule has 2 N–H and O–H groups in total. The van der Waals surface area contributed by atoms with Crippen molar-refractivity contribution in [2.75, 3.05) is 11.4 Å². The molecule has 0 spiro atoms. The number of anilines is 1. The molecule has 4 heterocycles.